The van der Waals surface area contributed by atoms with Crippen molar-refractivity contribution in [3.63, 3.8) is 0 Å². The number of benzene rings is 1. The number of aromatic nitrogens is 1. The van der Waals surface area contributed by atoms with E-state index in [0.717, 1.165) is 34.5 Å². The molecule has 1 aromatic heterocycles. The van der Waals surface area contributed by atoms with Crippen LogP contribution < -0.4 is 0 Å². The maximum absolute atomic E-state index is 12.5. The van der Waals surface area contributed by atoms with Crippen LogP contribution >= 0.6 is 0 Å². The summed E-state index contributed by atoms with van der Waals surface area (Å²) in [4.78, 5) is 22.1. The molecule has 4 rings (SSSR count). The Labute approximate surface area is 201 Å². The number of carbonyl (C=O) groups excluding carboxylic acids is 1. The van der Waals surface area contributed by atoms with Crippen LogP contribution in [0.5, 0.6) is 0 Å². The summed E-state index contributed by atoms with van der Waals surface area (Å²) in [5.74, 6) is -0.0876. The van der Waals surface area contributed by atoms with Crippen molar-refractivity contribution >= 4 is 17.8 Å². The van der Waals surface area contributed by atoms with E-state index in [1.807, 2.05) is 62.5 Å². The lowest BCUT2D eigenvalue weighted by Crippen LogP contribution is -2.53. The second-order valence-electron chi connectivity index (χ2n) is 9.63. The van der Waals surface area contributed by atoms with Gasteiger partial charge in [0, 0.05) is 23.2 Å². The molecule has 2 aromatic rings. The van der Waals surface area contributed by atoms with E-state index >= 15 is 0 Å². The number of cyclic esters (lactones) is 1. The van der Waals surface area contributed by atoms with Crippen LogP contribution in [-0.2, 0) is 14.4 Å². The summed E-state index contributed by atoms with van der Waals surface area (Å²) in [5, 5.41) is 15.3. The number of fused-ring (bicyclic) bond motifs is 1. The molecule has 2 fully saturated rings. The van der Waals surface area contributed by atoms with Crippen LogP contribution in [0.4, 0.5) is 0 Å². The van der Waals surface area contributed by atoms with Gasteiger partial charge in [0.2, 0.25) is 0 Å². The number of nitrogens with zero attached hydrogens (tertiary/aromatic N) is 2. The predicted molar refractivity (Wildman–Crippen MR) is 133 cm³/mol. The van der Waals surface area contributed by atoms with Gasteiger partial charge in [0.1, 0.15) is 13.2 Å². The molecule has 1 N–H and O–H groups in total. The third kappa shape index (κ3) is 4.27. The van der Waals surface area contributed by atoms with Crippen molar-refractivity contribution in [2.75, 3.05) is 7.11 Å². The fourth-order valence-electron chi connectivity index (χ4n) is 6.05. The van der Waals surface area contributed by atoms with E-state index in [2.05, 4.69) is 30.1 Å². The molecule has 2 aliphatic rings. The van der Waals surface area contributed by atoms with Gasteiger partial charge in [-0.15, -0.1) is 0 Å². The molecule has 1 saturated heterocycles. The minimum atomic E-state index is -1.40. The Morgan fingerprint density at radius 1 is 1.29 bits per heavy atom. The number of pyridine rings is 1. The summed E-state index contributed by atoms with van der Waals surface area (Å²) in [6, 6.07) is 12.1. The highest BCUT2D eigenvalue weighted by molar-refractivity contribution is 6.04. The van der Waals surface area contributed by atoms with E-state index in [1.165, 1.54) is 0 Å². The number of hydrogen-bond acceptors (Lipinski definition) is 6. The van der Waals surface area contributed by atoms with Crippen LogP contribution in [0, 0.1) is 23.7 Å². The topological polar surface area (TPSA) is 81.0 Å². The zero-order chi connectivity index (χ0) is 24.5. The standard InChI is InChI=1S/C28H34N2O4/c1-6-22-17(2)15-28(32)26(19(4)34-27(28)31)25(22)14-13-21-12-11-20(16-29-21)24-10-8-7-9-23(24)18(3)30-33-5/h7-14,16-17,19,22,25-26,32H,6,15H2,1-5H3/b14-13+,30-18+/t17?,19-,22?,25?,26?,28?/m1/s1. The molecule has 6 nitrogen and oxygen atoms in total. The van der Waals surface area contributed by atoms with E-state index in [0.29, 0.717) is 12.3 Å². The van der Waals surface area contributed by atoms with Crippen LogP contribution in [-0.4, -0.2) is 40.6 Å². The minimum absolute atomic E-state index is 0.0373. The molecule has 0 spiro atoms. The van der Waals surface area contributed by atoms with Crippen LogP contribution in [0.25, 0.3) is 17.2 Å². The molecule has 180 valence electrons. The highest BCUT2D eigenvalue weighted by Gasteiger charge is 2.62. The SMILES string of the molecule is CCC1C(C)CC2(O)C(=O)O[C@H](C)C2C1/C=C/c1ccc(-c2ccccc2/C(C)=N/OC)cn1. The molecule has 1 saturated carbocycles. The van der Waals surface area contributed by atoms with E-state index in [1.54, 1.807) is 7.11 Å². The van der Waals surface area contributed by atoms with Crippen molar-refractivity contribution in [1.82, 2.24) is 4.98 Å². The first kappa shape index (κ1) is 24.1. The monoisotopic (exact) mass is 462 g/mol. The number of oxime groups is 1. The van der Waals surface area contributed by atoms with Gasteiger partial charge in [0.05, 0.1) is 11.4 Å². The highest BCUT2D eigenvalue weighted by atomic mass is 16.6. The molecule has 0 radical (unpaired) electrons. The van der Waals surface area contributed by atoms with Crippen molar-refractivity contribution in [1.29, 1.82) is 0 Å². The summed E-state index contributed by atoms with van der Waals surface area (Å²) in [5.41, 5.74) is 3.26. The second kappa shape index (κ2) is 9.71. The number of allylic oxidation sites excluding steroid dienone is 1. The molecule has 1 aliphatic carbocycles. The number of ether oxygens (including phenoxy) is 1. The highest BCUT2D eigenvalue weighted by Crippen LogP contribution is 2.52. The van der Waals surface area contributed by atoms with Gasteiger partial charge >= 0.3 is 5.97 Å². The summed E-state index contributed by atoms with van der Waals surface area (Å²) in [6.07, 6.45) is 7.13. The predicted octanol–water partition coefficient (Wildman–Crippen LogP) is 5.11. The van der Waals surface area contributed by atoms with Crippen LogP contribution in [0.15, 0.2) is 53.8 Å². The Kier molecular flexibility index (Phi) is 6.89. The van der Waals surface area contributed by atoms with Crippen molar-refractivity contribution in [3.05, 3.63) is 59.9 Å². The number of esters is 1. The first-order chi connectivity index (χ1) is 16.3. The largest absolute Gasteiger partial charge is 0.460 e. The van der Waals surface area contributed by atoms with E-state index in [4.69, 9.17) is 9.57 Å². The Morgan fingerprint density at radius 3 is 2.74 bits per heavy atom. The van der Waals surface area contributed by atoms with Gasteiger partial charge in [-0.05, 0) is 55.7 Å². The number of hydrogen-bond donors (Lipinski definition) is 1. The fraction of sp³-hybridized carbons (Fsp3) is 0.464. The Hall–Kier alpha value is -2.99. The van der Waals surface area contributed by atoms with Gasteiger partial charge in [-0.2, -0.15) is 0 Å². The first-order valence-electron chi connectivity index (χ1n) is 12.0. The molecular formula is C28H34N2O4. The van der Waals surface area contributed by atoms with Gasteiger partial charge in [-0.3, -0.25) is 4.98 Å². The second-order valence-corrected chi connectivity index (χ2v) is 9.63. The molecule has 1 aromatic carbocycles. The van der Waals surface area contributed by atoms with Gasteiger partial charge in [0.25, 0.3) is 0 Å². The average molecular weight is 463 g/mol. The van der Waals surface area contributed by atoms with E-state index < -0.39 is 11.6 Å². The Morgan fingerprint density at radius 2 is 2.06 bits per heavy atom. The molecule has 6 atom stereocenters. The van der Waals surface area contributed by atoms with E-state index in [-0.39, 0.29) is 23.9 Å². The summed E-state index contributed by atoms with van der Waals surface area (Å²) < 4.78 is 5.49. The summed E-state index contributed by atoms with van der Waals surface area (Å²) >= 11 is 0. The van der Waals surface area contributed by atoms with Crippen LogP contribution in [0.2, 0.25) is 0 Å². The van der Waals surface area contributed by atoms with Gasteiger partial charge < -0.3 is 14.7 Å². The number of rotatable bonds is 6. The molecule has 0 amide bonds. The lowest BCUT2D eigenvalue weighted by atomic mass is 9.59. The average Bonchev–Trinajstić information content (AvgIpc) is 3.05. The lowest BCUT2D eigenvalue weighted by molar-refractivity contribution is -0.160. The fourth-order valence-corrected chi connectivity index (χ4v) is 6.05. The lowest BCUT2D eigenvalue weighted by Gasteiger charge is -2.45. The maximum atomic E-state index is 12.5. The smallest absolute Gasteiger partial charge is 0.338 e. The van der Waals surface area contributed by atoms with Crippen molar-refractivity contribution in [2.45, 2.75) is 52.2 Å². The van der Waals surface area contributed by atoms with Crippen molar-refractivity contribution in [3.8, 4) is 11.1 Å². The normalized spacial score (nSPS) is 31.4. The maximum Gasteiger partial charge on any atom is 0.338 e. The van der Waals surface area contributed by atoms with Crippen molar-refractivity contribution in [2.24, 2.45) is 28.8 Å². The summed E-state index contributed by atoms with van der Waals surface area (Å²) in [6.45, 7) is 8.11. The number of carbonyl (C=O) groups is 1. The summed E-state index contributed by atoms with van der Waals surface area (Å²) in [7, 11) is 1.54. The van der Waals surface area contributed by atoms with Crippen LogP contribution in [0.3, 0.4) is 0 Å². The van der Waals surface area contributed by atoms with Crippen molar-refractivity contribution < 1.29 is 19.5 Å². The number of aliphatic hydroxyl groups is 1. The van der Waals surface area contributed by atoms with Gasteiger partial charge in [-0.25, -0.2) is 4.79 Å². The quantitative estimate of drug-likeness (QED) is 0.367. The molecule has 0 bridgehead atoms. The van der Waals surface area contributed by atoms with Gasteiger partial charge in [-0.1, -0.05) is 61.8 Å². The first-order valence-corrected chi connectivity index (χ1v) is 12.0. The Bertz CT molecular complexity index is 1090. The molecular weight excluding hydrogens is 428 g/mol. The van der Waals surface area contributed by atoms with Crippen LogP contribution in [0.1, 0.15) is 51.8 Å². The van der Waals surface area contributed by atoms with E-state index in [9.17, 15) is 9.90 Å². The zero-order valence-electron chi connectivity index (χ0n) is 20.6. The Balaban J connectivity index is 1.61. The molecule has 2 heterocycles. The molecule has 6 heteroatoms. The molecule has 1 aliphatic heterocycles. The minimum Gasteiger partial charge on any atom is -0.460 e. The third-order valence-corrected chi connectivity index (χ3v) is 7.58. The molecule has 5 unspecified atom stereocenters. The molecule has 34 heavy (non-hydrogen) atoms. The third-order valence-electron chi connectivity index (χ3n) is 7.58. The zero-order valence-corrected chi connectivity index (χ0v) is 20.6. The van der Waals surface area contributed by atoms with Gasteiger partial charge in [0.15, 0.2) is 5.60 Å².